The Balaban J connectivity index is 1.33. The maximum atomic E-state index is 13.1. The zero-order valence-corrected chi connectivity index (χ0v) is 22.4. The second kappa shape index (κ2) is 12.0. The van der Waals surface area contributed by atoms with Crippen molar-refractivity contribution in [2.75, 3.05) is 27.4 Å². The highest BCUT2D eigenvalue weighted by molar-refractivity contribution is 8.18. The molecule has 1 aliphatic rings. The predicted octanol–water partition coefficient (Wildman–Crippen LogP) is 6.55. The number of hydrogen-bond donors (Lipinski definition) is 0. The summed E-state index contributed by atoms with van der Waals surface area (Å²) < 4.78 is 22.9. The molecule has 2 amide bonds. The molecular weight excluding hydrogens is 514 g/mol. The molecule has 0 N–H and O–H groups in total. The Labute approximate surface area is 230 Å². The van der Waals surface area contributed by atoms with Crippen molar-refractivity contribution in [1.29, 1.82) is 0 Å². The number of benzene rings is 4. The average Bonchev–Trinajstić information content (AvgIpc) is 3.23. The van der Waals surface area contributed by atoms with Crippen LogP contribution in [-0.4, -0.2) is 43.4 Å². The number of carbonyl (C=O) groups excluding carboxylic acids is 2. The molecule has 0 radical (unpaired) electrons. The first-order chi connectivity index (χ1) is 19.1. The third-order valence-electron chi connectivity index (χ3n) is 6.28. The van der Waals surface area contributed by atoms with E-state index in [9.17, 15) is 9.59 Å². The van der Waals surface area contributed by atoms with Gasteiger partial charge in [0.2, 0.25) is 0 Å². The molecule has 5 rings (SSSR count). The third kappa shape index (κ3) is 5.71. The summed E-state index contributed by atoms with van der Waals surface area (Å²) in [6.07, 6.45) is 1.67. The second-order valence-corrected chi connectivity index (χ2v) is 9.63. The Morgan fingerprint density at radius 1 is 0.769 bits per heavy atom. The van der Waals surface area contributed by atoms with Gasteiger partial charge in [0.15, 0.2) is 23.0 Å². The quantitative estimate of drug-likeness (QED) is 0.211. The van der Waals surface area contributed by atoms with Crippen LogP contribution in [0.25, 0.3) is 16.8 Å². The van der Waals surface area contributed by atoms with E-state index in [2.05, 4.69) is 18.2 Å². The fourth-order valence-electron chi connectivity index (χ4n) is 4.35. The topological polar surface area (TPSA) is 74.3 Å². The largest absolute Gasteiger partial charge is 0.493 e. The first kappa shape index (κ1) is 26.2. The third-order valence-corrected chi connectivity index (χ3v) is 7.19. The molecule has 0 atom stereocenters. The van der Waals surface area contributed by atoms with E-state index in [0.29, 0.717) is 40.1 Å². The van der Waals surface area contributed by atoms with Crippen LogP contribution in [-0.2, 0) is 11.4 Å². The van der Waals surface area contributed by atoms with E-state index in [-0.39, 0.29) is 24.3 Å². The van der Waals surface area contributed by atoms with Gasteiger partial charge in [-0.15, -0.1) is 0 Å². The van der Waals surface area contributed by atoms with Crippen molar-refractivity contribution >= 4 is 39.8 Å². The SMILES string of the molecule is COc1ccccc1OCCN1C(=O)S/C(=C\c2cccc(OC)c2OCc2cccc3ccccc23)C1=O. The van der Waals surface area contributed by atoms with Crippen molar-refractivity contribution in [2.24, 2.45) is 0 Å². The van der Waals surface area contributed by atoms with Crippen LogP contribution in [0, 0.1) is 0 Å². The van der Waals surface area contributed by atoms with E-state index in [0.717, 1.165) is 28.1 Å². The number of ether oxygens (including phenoxy) is 4. The van der Waals surface area contributed by atoms with Gasteiger partial charge in [0.1, 0.15) is 13.2 Å². The molecule has 0 bridgehead atoms. The first-order valence-corrected chi connectivity index (χ1v) is 13.2. The molecular formula is C31H27NO6S. The van der Waals surface area contributed by atoms with Crippen LogP contribution in [0.1, 0.15) is 11.1 Å². The van der Waals surface area contributed by atoms with Gasteiger partial charge in [-0.3, -0.25) is 14.5 Å². The molecule has 1 aliphatic heterocycles. The molecule has 1 fully saturated rings. The zero-order chi connectivity index (χ0) is 27.2. The lowest BCUT2D eigenvalue weighted by atomic mass is 10.1. The fraction of sp³-hybridized carbons (Fsp3) is 0.161. The Bertz CT molecular complexity index is 1540. The number of para-hydroxylation sites is 3. The van der Waals surface area contributed by atoms with E-state index < -0.39 is 0 Å². The Kier molecular flexibility index (Phi) is 8.03. The maximum absolute atomic E-state index is 13.1. The zero-order valence-electron chi connectivity index (χ0n) is 21.6. The summed E-state index contributed by atoms with van der Waals surface area (Å²) in [7, 11) is 3.13. The number of methoxy groups -OCH3 is 2. The number of nitrogens with zero attached hydrogens (tertiary/aromatic N) is 1. The number of carbonyl (C=O) groups is 2. The molecule has 0 saturated carbocycles. The van der Waals surface area contributed by atoms with Gasteiger partial charge in [0.05, 0.1) is 25.7 Å². The Hall–Kier alpha value is -4.43. The minimum absolute atomic E-state index is 0.114. The molecule has 39 heavy (non-hydrogen) atoms. The molecule has 0 aromatic heterocycles. The number of hydrogen-bond acceptors (Lipinski definition) is 7. The van der Waals surface area contributed by atoms with Crippen molar-refractivity contribution < 1.29 is 28.5 Å². The van der Waals surface area contributed by atoms with Gasteiger partial charge in [0.25, 0.3) is 11.1 Å². The highest BCUT2D eigenvalue weighted by Gasteiger charge is 2.35. The molecule has 7 nitrogen and oxygen atoms in total. The number of fused-ring (bicyclic) bond motifs is 1. The minimum atomic E-state index is -0.378. The maximum Gasteiger partial charge on any atom is 0.293 e. The smallest absolute Gasteiger partial charge is 0.293 e. The number of amides is 2. The van der Waals surface area contributed by atoms with Crippen LogP contribution in [0.5, 0.6) is 23.0 Å². The summed E-state index contributed by atoms with van der Waals surface area (Å²) in [4.78, 5) is 27.3. The van der Waals surface area contributed by atoms with Crippen LogP contribution in [0.4, 0.5) is 4.79 Å². The molecule has 198 valence electrons. The summed E-state index contributed by atoms with van der Waals surface area (Å²) in [6, 6.07) is 26.9. The van der Waals surface area contributed by atoms with Gasteiger partial charge >= 0.3 is 0 Å². The number of thioether (sulfide) groups is 1. The summed E-state index contributed by atoms with van der Waals surface area (Å²) >= 11 is 0.891. The van der Waals surface area contributed by atoms with E-state index in [1.165, 1.54) is 4.90 Å². The van der Waals surface area contributed by atoms with Crippen LogP contribution in [0.15, 0.2) is 89.8 Å². The van der Waals surface area contributed by atoms with Crippen molar-refractivity contribution in [3.63, 3.8) is 0 Å². The van der Waals surface area contributed by atoms with Crippen molar-refractivity contribution in [3.05, 3.63) is 101 Å². The van der Waals surface area contributed by atoms with Crippen molar-refractivity contribution in [2.45, 2.75) is 6.61 Å². The van der Waals surface area contributed by atoms with Crippen molar-refractivity contribution in [3.8, 4) is 23.0 Å². The summed E-state index contributed by atoms with van der Waals surface area (Å²) in [6.45, 7) is 0.567. The summed E-state index contributed by atoms with van der Waals surface area (Å²) in [5.74, 6) is 1.79. The number of imide groups is 1. The van der Waals surface area contributed by atoms with Gasteiger partial charge in [-0.25, -0.2) is 0 Å². The van der Waals surface area contributed by atoms with Gasteiger partial charge in [-0.05, 0) is 52.4 Å². The molecule has 8 heteroatoms. The van der Waals surface area contributed by atoms with E-state index in [1.807, 2.05) is 48.5 Å². The standard InChI is InChI=1S/C31H27NO6S/c1-35-25-14-5-6-15-26(25)37-18-17-32-30(33)28(39-31(32)34)19-22-11-8-16-27(36-2)29(22)38-20-23-12-7-10-21-9-3-4-13-24(21)23/h3-16,19H,17-18,20H2,1-2H3/b28-19-. The summed E-state index contributed by atoms with van der Waals surface area (Å²) in [5.41, 5.74) is 1.67. The highest BCUT2D eigenvalue weighted by atomic mass is 32.2. The normalized spacial score (nSPS) is 14.2. The lowest BCUT2D eigenvalue weighted by Crippen LogP contribution is -2.32. The highest BCUT2D eigenvalue weighted by Crippen LogP contribution is 2.38. The lowest BCUT2D eigenvalue weighted by Gasteiger charge is -2.15. The molecule has 0 unspecified atom stereocenters. The van der Waals surface area contributed by atoms with Crippen LogP contribution in [0.2, 0.25) is 0 Å². The molecule has 4 aromatic carbocycles. The monoisotopic (exact) mass is 541 g/mol. The minimum Gasteiger partial charge on any atom is -0.493 e. The van der Waals surface area contributed by atoms with Crippen molar-refractivity contribution in [1.82, 2.24) is 4.90 Å². The van der Waals surface area contributed by atoms with Gasteiger partial charge < -0.3 is 18.9 Å². The number of rotatable bonds is 10. The molecule has 4 aromatic rings. The first-order valence-electron chi connectivity index (χ1n) is 12.4. The summed E-state index contributed by atoms with van der Waals surface area (Å²) in [5, 5.41) is 1.88. The van der Waals surface area contributed by atoms with E-state index in [4.69, 9.17) is 18.9 Å². The van der Waals surface area contributed by atoms with Gasteiger partial charge in [-0.2, -0.15) is 0 Å². The van der Waals surface area contributed by atoms with Crippen LogP contribution in [0.3, 0.4) is 0 Å². The Morgan fingerprint density at radius 3 is 2.28 bits per heavy atom. The van der Waals surface area contributed by atoms with E-state index >= 15 is 0 Å². The van der Waals surface area contributed by atoms with Crippen LogP contribution < -0.4 is 18.9 Å². The second-order valence-electron chi connectivity index (χ2n) is 8.64. The van der Waals surface area contributed by atoms with Gasteiger partial charge in [0, 0.05) is 5.56 Å². The predicted molar refractivity (Wildman–Crippen MR) is 152 cm³/mol. The molecule has 1 saturated heterocycles. The molecule has 1 heterocycles. The van der Waals surface area contributed by atoms with Crippen LogP contribution >= 0.6 is 11.8 Å². The van der Waals surface area contributed by atoms with E-state index in [1.54, 1.807) is 38.5 Å². The lowest BCUT2D eigenvalue weighted by molar-refractivity contribution is -0.123. The fourth-order valence-corrected chi connectivity index (χ4v) is 5.20. The Morgan fingerprint density at radius 2 is 1.46 bits per heavy atom. The molecule has 0 spiro atoms. The van der Waals surface area contributed by atoms with Gasteiger partial charge in [-0.1, -0.05) is 66.7 Å². The average molecular weight is 542 g/mol. The molecule has 0 aliphatic carbocycles.